The second kappa shape index (κ2) is 4.24. The number of carboxylic acid groups (broad SMARTS) is 1. The normalized spacial score (nSPS) is 8.67. The SMILES string of the molecule is O=C(O)c1cc(=O)[nH]c(=O)[nH]1.[Na+]. The summed E-state index contributed by atoms with van der Waals surface area (Å²) in [5.74, 6) is -1.34. The Morgan fingerprint density at radius 3 is 2.33 bits per heavy atom. The van der Waals surface area contributed by atoms with Crippen LogP contribution in [0, 0.1) is 0 Å². The molecular weight excluding hydrogens is 175 g/mol. The Morgan fingerprint density at radius 2 is 1.92 bits per heavy atom. The zero-order chi connectivity index (χ0) is 8.43. The van der Waals surface area contributed by atoms with Gasteiger partial charge in [-0.25, -0.2) is 9.59 Å². The molecule has 0 aliphatic heterocycles. The molecule has 0 spiro atoms. The van der Waals surface area contributed by atoms with Crippen LogP contribution in [0.4, 0.5) is 0 Å². The van der Waals surface area contributed by atoms with Crippen molar-refractivity contribution < 1.29 is 39.5 Å². The topological polar surface area (TPSA) is 103 Å². The third-order valence-corrected chi connectivity index (χ3v) is 0.991. The summed E-state index contributed by atoms with van der Waals surface area (Å²) in [6.45, 7) is 0. The average Bonchev–Trinajstić information content (AvgIpc) is 1.85. The number of rotatable bonds is 1. The van der Waals surface area contributed by atoms with E-state index in [0.717, 1.165) is 6.07 Å². The molecule has 1 aromatic rings. The van der Waals surface area contributed by atoms with E-state index in [1.807, 2.05) is 9.97 Å². The fourth-order valence-electron chi connectivity index (χ4n) is 0.584. The molecule has 1 aromatic heterocycles. The summed E-state index contributed by atoms with van der Waals surface area (Å²) in [6.07, 6.45) is 0. The number of hydrogen-bond donors (Lipinski definition) is 3. The van der Waals surface area contributed by atoms with Crippen LogP contribution in [0.5, 0.6) is 0 Å². The van der Waals surface area contributed by atoms with E-state index < -0.39 is 22.9 Å². The molecule has 1 heterocycles. The van der Waals surface area contributed by atoms with E-state index in [1.165, 1.54) is 0 Å². The minimum absolute atomic E-state index is 0. The predicted octanol–water partition coefficient (Wildman–Crippen LogP) is -4.23. The summed E-state index contributed by atoms with van der Waals surface area (Å²) in [4.78, 5) is 34.9. The minimum atomic E-state index is -1.34. The Hall–Kier alpha value is -0.850. The van der Waals surface area contributed by atoms with E-state index in [2.05, 4.69) is 0 Å². The summed E-state index contributed by atoms with van der Waals surface area (Å²) in [6, 6.07) is 0.795. The van der Waals surface area contributed by atoms with Crippen molar-refractivity contribution in [3.63, 3.8) is 0 Å². The maximum absolute atomic E-state index is 10.5. The molecule has 6 nitrogen and oxygen atoms in total. The van der Waals surface area contributed by atoms with Gasteiger partial charge in [-0.2, -0.15) is 0 Å². The van der Waals surface area contributed by atoms with Gasteiger partial charge in [0.1, 0.15) is 5.69 Å². The molecule has 0 bridgehead atoms. The molecule has 7 heteroatoms. The number of carbonyl (C=O) groups is 1. The van der Waals surface area contributed by atoms with Gasteiger partial charge in [0.25, 0.3) is 5.56 Å². The second-order valence-corrected chi connectivity index (χ2v) is 1.81. The number of H-pyrrole nitrogens is 2. The van der Waals surface area contributed by atoms with Crippen molar-refractivity contribution in [3.05, 3.63) is 32.6 Å². The van der Waals surface area contributed by atoms with Crippen LogP contribution < -0.4 is 40.8 Å². The maximum atomic E-state index is 10.5. The van der Waals surface area contributed by atoms with E-state index >= 15 is 0 Å². The van der Waals surface area contributed by atoms with Gasteiger partial charge in [0, 0.05) is 6.07 Å². The van der Waals surface area contributed by atoms with Gasteiger partial charge in [-0.05, 0) is 0 Å². The van der Waals surface area contributed by atoms with Crippen molar-refractivity contribution in [1.82, 2.24) is 9.97 Å². The summed E-state index contributed by atoms with van der Waals surface area (Å²) >= 11 is 0. The molecule has 3 N–H and O–H groups in total. The van der Waals surface area contributed by atoms with Crippen molar-refractivity contribution >= 4 is 5.97 Å². The molecule has 0 aromatic carbocycles. The largest absolute Gasteiger partial charge is 1.00 e. The first-order valence-corrected chi connectivity index (χ1v) is 2.66. The quantitative estimate of drug-likeness (QED) is 0.380. The average molecular weight is 179 g/mol. The third kappa shape index (κ3) is 2.65. The van der Waals surface area contributed by atoms with Gasteiger partial charge < -0.3 is 10.1 Å². The third-order valence-electron chi connectivity index (χ3n) is 0.991. The molecule has 0 atom stereocenters. The first-order chi connectivity index (χ1) is 5.09. The van der Waals surface area contributed by atoms with Gasteiger partial charge in [-0.15, -0.1) is 0 Å². The molecule has 12 heavy (non-hydrogen) atoms. The smallest absolute Gasteiger partial charge is 0.477 e. The molecule has 0 aliphatic rings. The molecule has 0 aliphatic carbocycles. The van der Waals surface area contributed by atoms with Crippen LogP contribution in [-0.4, -0.2) is 21.0 Å². The number of carboxylic acids is 1. The Kier molecular flexibility index (Phi) is 3.94. The summed E-state index contributed by atoms with van der Waals surface area (Å²) in [5.41, 5.74) is -1.97. The summed E-state index contributed by atoms with van der Waals surface area (Å²) in [5, 5.41) is 8.31. The van der Waals surface area contributed by atoms with Gasteiger partial charge in [-0.3, -0.25) is 9.78 Å². The number of aromatic amines is 2. The van der Waals surface area contributed by atoms with Crippen LogP contribution in [0.1, 0.15) is 10.5 Å². The first kappa shape index (κ1) is 11.2. The van der Waals surface area contributed by atoms with Gasteiger partial charge >= 0.3 is 41.2 Å². The van der Waals surface area contributed by atoms with Gasteiger partial charge in [-0.1, -0.05) is 0 Å². The van der Waals surface area contributed by atoms with Crippen LogP contribution in [-0.2, 0) is 0 Å². The van der Waals surface area contributed by atoms with Crippen molar-refractivity contribution in [1.29, 1.82) is 0 Å². The molecule has 0 fully saturated rings. The van der Waals surface area contributed by atoms with Crippen molar-refractivity contribution in [3.8, 4) is 0 Å². The predicted molar refractivity (Wildman–Crippen MR) is 34.6 cm³/mol. The summed E-state index contributed by atoms with van der Waals surface area (Å²) in [7, 11) is 0. The molecule has 0 unspecified atom stereocenters. The first-order valence-electron chi connectivity index (χ1n) is 2.66. The van der Waals surface area contributed by atoms with Crippen LogP contribution >= 0.6 is 0 Å². The standard InChI is InChI=1S/C5H4N2O4.Na/c8-3-1-2(4(9)10)6-5(11)7-3;/h1H,(H,9,10)(H2,6,7,8,11);/q;+1. The minimum Gasteiger partial charge on any atom is -0.477 e. The van der Waals surface area contributed by atoms with E-state index in [1.54, 1.807) is 0 Å². The second-order valence-electron chi connectivity index (χ2n) is 1.81. The molecular formula is C5H4N2NaO4+. The summed E-state index contributed by atoms with van der Waals surface area (Å²) < 4.78 is 0. The molecule has 1 rings (SSSR count). The van der Waals surface area contributed by atoms with Gasteiger partial charge in [0.05, 0.1) is 0 Å². The molecule has 0 saturated heterocycles. The van der Waals surface area contributed by atoms with E-state index in [0.29, 0.717) is 0 Å². The van der Waals surface area contributed by atoms with Crippen LogP contribution in [0.15, 0.2) is 15.7 Å². The van der Waals surface area contributed by atoms with Crippen molar-refractivity contribution in [2.24, 2.45) is 0 Å². The van der Waals surface area contributed by atoms with E-state index in [9.17, 15) is 14.4 Å². The number of nitrogens with one attached hydrogen (secondary N) is 2. The fraction of sp³-hybridized carbons (Fsp3) is 0. The monoisotopic (exact) mass is 179 g/mol. The zero-order valence-corrected chi connectivity index (χ0v) is 8.25. The molecule has 0 amide bonds. The van der Waals surface area contributed by atoms with Crippen LogP contribution in [0.25, 0.3) is 0 Å². The van der Waals surface area contributed by atoms with E-state index in [-0.39, 0.29) is 29.6 Å². The zero-order valence-electron chi connectivity index (χ0n) is 6.25. The molecule has 0 saturated carbocycles. The Morgan fingerprint density at radius 1 is 1.33 bits per heavy atom. The van der Waals surface area contributed by atoms with Crippen LogP contribution in [0.3, 0.4) is 0 Å². The molecule has 0 radical (unpaired) electrons. The Labute approximate surface area is 87.9 Å². The molecule has 58 valence electrons. The maximum Gasteiger partial charge on any atom is 1.00 e. The number of aromatic nitrogens is 2. The van der Waals surface area contributed by atoms with Gasteiger partial charge in [0.2, 0.25) is 0 Å². The van der Waals surface area contributed by atoms with Crippen molar-refractivity contribution in [2.75, 3.05) is 0 Å². The number of aromatic carboxylic acids is 1. The fourth-order valence-corrected chi connectivity index (χ4v) is 0.584. The number of hydrogen-bond acceptors (Lipinski definition) is 3. The Bertz CT molecular complexity index is 365. The van der Waals surface area contributed by atoms with E-state index in [4.69, 9.17) is 5.11 Å². The van der Waals surface area contributed by atoms with Crippen LogP contribution in [0.2, 0.25) is 0 Å². The van der Waals surface area contributed by atoms with Gasteiger partial charge in [0.15, 0.2) is 0 Å². The van der Waals surface area contributed by atoms with Crippen molar-refractivity contribution in [2.45, 2.75) is 0 Å². The Balaban J connectivity index is 0.00000121.